The number of nitriles is 1. The molecule has 0 aromatic heterocycles. The van der Waals surface area contributed by atoms with Gasteiger partial charge in [0.15, 0.2) is 11.5 Å². The van der Waals surface area contributed by atoms with Crippen LogP contribution in [0.2, 0.25) is 5.02 Å². The van der Waals surface area contributed by atoms with E-state index in [9.17, 15) is 4.39 Å². The van der Waals surface area contributed by atoms with E-state index in [4.69, 9.17) is 26.3 Å². The SMILES string of the molecule is COc1cc(C#N)ccc1OCc1ccc(F)cc1Cl. The van der Waals surface area contributed by atoms with E-state index >= 15 is 0 Å². The molecule has 0 radical (unpaired) electrons. The van der Waals surface area contributed by atoms with Crippen molar-refractivity contribution in [2.45, 2.75) is 6.61 Å². The fraction of sp³-hybridized carbons (Fsp3) is 0.133. The third kappa shape index (κ3) is 3.19. The lowest BCUT2D eigenvalue weighted by atomic mass is 10.2. The van der Waals surface area contributed by atoms with E-state index in [0.717, 1.165) is 0 Å². The van der Waals surface area contributed by atoms with Crippen LogP contribution >= 0.6 is 11.6 Å². The van der Waals surface area contributed by atoms with Crippen molar-refractivity contribution in [2.75, 3.05) is 7.11 Å². The summed E-state index contributed by atoms with van der Waals surface area (Å²) in [6, 6.07) is 11.0. The van der Waals surface area contributed by atoms with Crippen LogP contribution in [0.1, 0.15) is 11.1 Å². The Labute approximate surface area is 121 Å². The van der Waals surface area contributed by atoms with Gasteiger partial charge in [-0.3, -0.25) is 0 Å². The molecule has 0 amide bonds. The molecule has 102 valence electrons. The summed E-state index contributed by atoms with van der Waals surface area (Å²) in [5.41, 5.74) is 1.15. The van der Waals surface area contributed by atoms with Crippen LogP contribution in [0.4, 0.5) is 4.39 Å². The fourth-order valence-corrected chi connectivity index (χ4v) is 1.87. The lowest BCUT2D eigenvalue weighted by Gasteiger charge is -2.11. The highest BCUT2D eigenvalue weighted by atomic mass is 35.5. The Morgan fingerprint density at radius 1 is 1.20 bits per heavy atom. The van der Waals surface area contributed by atoms with Crippen molar-refractivity contribution < 1.29 is 13.9 Å². The van der Waals surface area contributed by atoms with Crippen molar-refractivity contribution in [2.24, 2.45) is 0 Å². The normalized spacial score (nSPS) is 9.90. The number of hydrogen-bond donors (Lipinski definition) is 0. The predicted molar refractivity (Wildman–Crippen MR) is 73.5 cm³/mol. The monoisotopic (exact) mass is 291 g/mol. The van der Waals surface area contributed by atoms with Gasteiger partial charge in [0.1, 0.15) is 12.4 Å². The maximum absolute atomic E-state index is 12.9. The van der Waals surface area contributed by atoms with Gasteiger partial charge in [0.25, 0.3) is 0 Å². The van der Waals surface area contributed by atoms with Crippen LogP contribution in [0.5, 0.6) is 11.5 Å². The molecule has 0 aliphatic rings. The van der Waals surface area contributed by atoms with Crippen molar-refractivity contribution >= 4 is 11.6 Å². The molecule has 2 rings (SSSR count). The summed E-state index contributed by atoms with van der Waals surface area (Å²) in [6.07, 6.45) is 0. The van der Waals surface area contributed by atoms with Crippen LogP contribution in [0, 0.1) is 17.1 Å². The lowest BCUT2D eigenvalue weighted by Crippen LogP contribution is -1.99. The number of benzene rings is 2. The molecule has 0 aliphatic carbocycles. The molecule has 5 heteroatoms. The van der Waals surface area contributed by atoms with Gasteiger partial charge in [-0.05, 0) is 24.3 Å². The largest absolute Gasteiger partial charge is 0.493 e. The second-order valence-electron chi connectivity index (χ2n) is 4.00. The lowest BCUT2D eigenvalue weighted by molar-refractivity contribution is 0.284. The van der Waals surface area contributed by atoms with Crippen LogP contribution in [0.3, 0.4) is 0 Å². The standard InChI is InChI=1S/C15H11ClFNO2/c1-19-15-6-10(8-18)2-5-14(15)20-9-11-3-4-12(17)7-13(11)16/h2-7H,9H2,1H3. The first-order chi connectivity index (χ1) is 9.63. The van der Waals surface area contributed by atoms with E-state index in [-0.39, 0.29) is 6.61 Å². The van der Waals surface area contributed by atoms with Crippen molar-refractivity contribution in [3.8, 4) is 17.6 Å². The zero-order valence-corrected chi connectivity index (χ0v) is 11.4. The van der Waals surface area contributed by atoms with Gasteiger partial charge >= 0.3 is 0 Å². The third-order valence-corrected chi connectivity index (χ3v) is 3.04. The van der Waals surface area contributed by atoms with Crippen LogP contribution in [-0.4, -0.2) is 7.11 Å². The molecule has 0 fully saturated rings. The van der Waals surface area contributed by atoms with Gasteiger partial charge in [-0.2, -0.15) is 5.26 Å². The average molecular weight is 292 g/mol. The molecule has 2 aromatic carbocycles. The van der Waals surface area contributed by atoms with Gasteiger partial charge in [0.05, 0.1) is 23.8 Å². The molecule has 0 unspecified atom stereocenters. The molecular formula is C15H11ClFNO2. The highest BCUT2D eigenvalue weighted by Crippen LogP contribution is 2.29. The molecule has 20 heavy (non-hydrogen) atoms. The summed E-state index contributed by atoms with van der Waals surface area (Å²) >= 11 is 5.92. The van der Waals surface area contributed by atoms with E-state index < -0.39 is 5.82 Å². The van der Waals surface area contributed by atoms with E-state index in [2.05, 4.69) is 0 Å². The van der Waals surface area contributed by atoms with Gasteiger partial charge in [-0.25, -0.2) is 4.39 Å². The predicted octanol–water partition coefficient (Wildman–Crippen LogP) is 3.94. The number of rotatable bonds is 4. The Balaban J connectivity index is 2.16. The maximum atomic E-state index is 12.9. The first-order valence-corrected chi connectivity index (χ1v) is 6.16. The molecule has 0 saturated carbocycles. The van der Waals surface area contributed by atoms with E-state index in [1.165, 1.54) is 19.2 Å². The highest BCUT2D eigenvalue weighted by molar-refractivity contribution is 6.31. The minimum absolute atomic E-state index is 0.182. The average Bonchev–Trinajstić information content (AvgIpc) is 2.46. The molecular weight excluding hydrogens is 281 g/mol. The maximum Gasteiger partial charge on any atom is 0.162 e. The summed E-state index contributed by atoms with van der Waals surface area (Å²) in [7, 11) is 1.49. The van der Waals surface area contributed by atoms with E-state index in [0.29, 0.717) is 27.6 Å². The number of hydrogen-bond acceptors (Lipinski definition) is 3. The summed E-state index contributed by atoms with van der Waals surface area (Å²) in [4.78, 5) is 0. The third-order valence-electron chi connectivity index (χ3n) is 2.69. The molecule has 0 bridgehead atoms. The molecule has 3 nitrogen and oxygen atoms in total. The minimum Gasteiger partial charge on any atom is -0.493 e. The molecule has 0 heterocycles. The molecule has 0 atom stereocenters. The zero-order valence-electron chi connectivity index (χ0n) is 10.7. The van der Waals surface area contributed by atoms with E-state index in [1.54, 1.807) is 24.3 Å². The Hall–Kier alpha value is -2.25. The Morgan fingerprint density at radius 3 is 2.65 bits per heavy atom. The number of nitrogens with zero attached hydrogens (tertiary/aromatic N) is 1. The van der Waals surface area contributed by atoms with Crippen LogP contribution in [0.25, 0.3) is 0 Å². The Morgan fingerprint density at radius 2 is 2.00 bits per heavy atom. The van der Waals surface area contributed by atoms with Crippen molar-refractivity contribution in [1.82, 2.24) is 0 Å². The number of halogens is 2. The minimum atomic E-state index is -0.394. The fourth-order valence-electron chi connectivity index (χ4n) is 1.65. The summed E-state index contributed by atoms with van der Waals surface area (Å²) in [6.45, 7) is 0.182. The molecule has 0 N–H and O–H groups in total. The van der Waals surface area contributed by atoms with Gasteiger partial charge in [0, 0.05) is 11.6 Å². The van der Waals surface area contributed by atoms with Crippen LogP contribution in [0.15, 0.2) is 36.4 Å². The smallest absolute Gasteiger partial charge is 0.162 e. The first-order valence-electron chi connectivity index (χ1n) is 5.79. The van der Waals surface area contributed by atoms with Gasteiger partial charge in [-0.15, -0.1) is 0 Å². The highest BCUT2D eigenvalue weighted by Gasteiger charge is 2.08. The quantitative estimate of drug-likeness (QED) is 0.857. The molecule has 0 saturated heterocycles. The summed E-state index contributed by atoms with van der Waals surface area (Å²) in [5, 5.41) is 9.12. The van der Waals surface area contributed by atoms with Gasteiger partial charge in [-0.1, -0.05) is 17.7 Å². The number of ether oxygens (including phenoxy) is 2. The Kier molecular flexibility index (Phi) is 4.44. The second kappa shape index (κ2) is 6.27. The molecule has 0 aliphatic heterocycles. The van der Waals surface area contributed by atoms with Gasteiger partial charge in [0.2, 0.25) is 0 Å². The molecule has 2 aromatic rings. The van der Waals surface area contributed by atoms with Crippen molar-refractivity contribution in [3.05, 3.63) is 58.4 Å². The Bertz CT molecular complexity index is 667. The van der Waals surface area contributed by atoms with Crippen molar-refractivity contribution in [1.29, 1.82) is 5.26 Å². The van der Waals surface area contributed by atoms with Crippen molar-refractivity contribution in [3.63, 3.8) is 0 Å². The second-order valence-corrected chi connectivity index (χ2v) is 4.41. The number of methoxy groups -OCH3 is 1. The van der Waals surface area contributed by atoms with Crippen LogP contribution < -0.4 is 9.47 Å². The topological polar surface area (TPSA) is 42.2 Å². The van der Waals surface area contributed by atoms with E-state index in [1.807, 2.05) is 6.07 Å². The van der Waals surface area contributed by atoms with Gasteiger partial charge < -0.3 is 9.47 Å². The summed E-state index contributed by atoms with van der Waals surface area (Å²) < 4.78 is 23.7. The first kappa shape index (κ1) is 14.2. The molecule has 0 spiro atoms. The zero-order chi connectivity index (χ0) is 14.5. The van der Waals surface area contributed by atoms with Crippen LogP contribution in [-0.2, 0) is 6.61 Å². The summed E-state index contributed by atoms with van der Waals surface area (Å²) in [5.74, 6) is 0.559.